The molecular weight excluding hydrogens is 330 g/mol. The van der Waals surface area contributed by atoms with E-state index in [1.807, 2.05) is 11.3 Å². The van der Waals surface area contributed by atoms with Crippen LogP contribution in [0.25, 0.3) is 0 Å². The molecule has 0 amide bonds. The van der Waals surface area contributed by atoms with Crippen LogP contribution in [-0.2, 0) is 0 Å². The minimum atomic E-state index is 0.375. The van der Waals surface area contributed by atoms with Gasteiger partial charge in [0.15, 0.2) is 0 Å². The summed E-state index contributed by atoms with van der Waals surface area (Å²) in [7, 11) is 0. The van der Waals surface area contributed by atoms with Gasteiger partial charge in [-0.25, -0.2) is 0 Å². The summed E-state index contributed by atoms with van der Waals surface area (Å²) < 4.78 is 1.22. The molecule has 0 fully saturated rings. The Hall–Kier alpha value is -0.640. The average molecular weight is 352 g/mol. The van der Waals surface area contributed by atoms with Crippen molar-refractivity contribution in [3.05, 3.63) is 56.2 Å². The fraction of sp³-hybridized carbons (Fsp3) is 0.412. The molecule has 1 N–H and O–H groups in total. The number of aryl methyl sites for hydroxylation is 1. The number of hydrogen-bond acceptors (Lipinski definition) is 2. The molecule has 3 heteroatoms. The molecule has 0 saturated heterocycles. The fourth-order valence-corrected chi connectivity index (χ4v) is 4.33. The molecule has 1 heterocycles. The van der Waals surface area contributed by atoms with Gasteiger partial charge < -0.3 is 5.32 Å². The van der Waals surface area contributed by atoms with E-state index >= 15 is 0 Å². The third-order valence-electron chi connectivity index (χ3n) is 3.70. The van der Waals surface area contributed by atoms with Gasteiger partial charge in [0, 0.05) is 16.8 Å². The Morgan fingerprint density at radius 1 is 1.25 bits per heavy atom. The zero-order chi connectivity index (χ0) is 14.5. The maximum absolute atomic E-state index is 3.72. The molecule has 0 saturated carbocycles. The summed E-state index contributed by atoms with van der Waals surface area (Å²) in [5.74, 6) is 0.461. The number of rotatable bonds is 6. The average Bonchev–Trinajstić information content (AvgIpc) is 2.79. The highest BCUT2D eigenvalue weighted by Crippen LogP contribution is 2.37. The molecule has 20 heavy (non-hydrogen) atoms. The Kier molecular flexibility index (Phi) is 5.82. The summed E-state index contributed by atoms with van der Waals surface area (Å²) in [5, 5.41) is 3.72. The van der Waals surface area contributed by atoms with Gasteiger partial charge in [0.1, 0.15) is 0 Å². The molecule has 2 rings (SSSR count). The Balaban J connectivity index is 2.30. The lowest BCUT2D eigenvalue weighted by molar-refractivity contribution is 0.466. The fourth-order valence-electron chi connectivity index (χ4n) is 2.57. The quantitative estimate of drug-likeness (QED) is 0.707. The van der Waals surface area contributed by atoms with Crippen LogP contribution < -0.4 is 5.32 Å². The van der Waals surface area contributed by atoms with E-state index in [0.29, 0.717) is 12.0 Å². The summed E-state index contributed by atoms with van der Waals surface area (Å²) in [4.78, 5) is 1.40. The Labute approximate surface area is 134 Å². The maximum atomic E-state index is 3.72. The van der Waals surface area contributed by atoms with Crippen LogP contribution in [0, 0.1) is 6.92 Å². The van der Waals surface area contributed by atoms with E-state index in [0.717, 1.165) is 13.0 Å². The molecule has 1 aromatic heterocycles. The van der Waals surface area contributed by atoms with Gasteiger partial charge in [0.25, 0.3) is 0 Å². The van der Waals surface area contributed by atoms with Crippen molar-refractivity contribution in [3.8, 4) is 0 Å². The van der Waals surface area contributed by atoms with Crippen LogP contribution in [-0.4, -0.2) is 6.54 Å². The van der Waals surface area contributed by atoms with Crippen LogP contribution in [0.15, 0.2) is 40.2 Å². The zero-order valence-corrected chi connectivity index (χ0v) is 14.7. The third-order valence-corrected chi connectivity index (χ3v) is 5.27. The third kappa shape index (κ3) is 3.72. The predicted octanol–water partition coefficient (Wildman–Crippen LogP) is 5.66. The van der Waals surface area contributed by atoms with Crippen LogP contribution >= 0.6 is 27.3 Å². The zero-order valence-electron chi connectivity index (χ0n) is 12.3. The Bertz CT molecular complexity index is 535. The second kappa shape index (κ2) is 7.39. The normalized spacial score (nSPS) is 14.2. The minimum absolute atomic E-state index is 0.375. The molecule has 2 aromatic rings. The molecule has 0 spiro atoms. The largest absolute Gasteiger partial charge is 0.309 e. The molecule has 2 unspecified atom stereocenters. The lowest BCUT2D eigenvalue weighted by atomic mass is 9.88. The molecule has 1 nitrogen and oxygen atoms in total. The van der Waals surface area contributed by atoms with Gasteiger partial charge in [0.05, 0.1) is 3.79 Å². The summed E-state index contributed by atoms with van der Waals surface area (Å²) in [6, 6.07) is 13.4. The molecule has 0 aliphatic rings. The lowest BCUT2D eigenvalue weighted by Crippen LogP contribution is -2.26. The number of nitrogens with one attached hydrogen (secondary N) is 1. The molecule has 0 aliphatic carbocycles. The Morgan fingerprint density at radius 3 is 2.50 bits per heavy atom. The van der Waals surface area contributed by atoms with Gasteiger partial charge in [-0.3, -0.25) is 0 Å². The highest BCUT2D eigenvalue weighted by Gasteiger charge is 2.23. The number of hydrogen-bond donors (Lipinski definition) is 1. The van der Waals surface area contributed by atoms with Gasteiger partial charge in [-0.1, -0.05) is 44.2 Å². The predicted molar refractivity (Wildman–Crippen MR) is 92.6 cm³/mol. The summed E-state index contributed by atoms with van der Waals surface area (Å²) in [5.41, 5.74) is 2.81. The molecule has 0 radical (unpaired) electrons. The molecule has 0 bridgehead atoms. The first kappa shape index (κ1) is 15.7. The smallest absolute Gasteiger partial charge is 0.0704 e. The van der Waals surface area contributed by atoms with Crippen LogP contribution in [0.5, 0.6) is 0 Å². The van der Waals surface area contributed by atoms with E-state index < -0.39 is 0 Å². The van der Waals surface area contributed by atoms with Gasteiger partial charge >= 0.3 is 0 Å². The van der Waals surface area contributed by atoms with E-state index in [9.17, 15) is 0 Å². The molecule has 0 aliphatic heterocycles. The second-order valence-corrected chi connectivity index (χ2v) is 7.83. The van der Waals surface area contributed by atoms with Crippen molar-refractivity contribution in [2.24, 2.45) is 0 Å². The highest BCUT2D eigenvalue weighted by atomic mass is 79.9. The van der Waals surface area contributed by atoms with Crippen molar-refractivity contribution in [3.63, 3.8) is 0 Å². The van der Waals surface area contributed by atoms with Crippen molar-refractivity contribution in [1.29, 1.82) is 0 Å². The van der Waals surface area contributed by atoms with Crippen LogP contribution in [0.2, 0.25) is 0 Å². The van der Waals surface area contributed by atoms with Gasteiger partial charge in [0.2, 0.25) is 0 Å². The first-order valence-corrected chi connectivity index (χ1v) is 8.78. The number of halogens is 1. The summed E-state index contributed by atoms with van der Waals surface area (Å²) in [6.45, 7) is 7.79. The van der Waals surface area contributed by atoms with E-state index in [-0.39, 0.29) is 0 Å². The van der Waals surface area contributed by atoms with Crippen molar-refractivity contribution >= 4 is 27.3 Å². The molecule has 108 valence electrons. The van der Waals surface area contributed by atoms with Crippen molar-refractivity contribution in [2.45, 2.75) is 39.2 Å². The van der Waals surface area contributed by atoms with Crippen molar-refractivity contribution in [2.75, 3.05) is 6.54 Å². The molecular formula is C17H22BrNS. The Morgan fingerprint density at radius 2 is 1.95 bits per heavy atom. The van der Waals surface area contributed by atoms with Gasteiger partial charge in [-0.05, 0) is 53.0 Å². The summed E-state index contributed by atoms with van der Waals surface area (Å²) >= 11 is 5.44. The van der Waals surface area contributed by atoms with Gasteiger partial charge in [-0.15, -0.1) is 11.3 Å². The molecule has 1 aromatic carbocycles. The highest BCUT2D eigenvalue weighted by molar-refractivity contribution is 9.11. The lowest BCUT2D eigenvalue weighted by Gasteiger charge is -2.26. The van der Waals surface area contributed by atoms with Crippen LogP contribution in [0.3, 0.4) is 0 Å². The SMILES string of the molecule is CCCNC(c1cc(Br)sc1C)C(C)c1ccccc1. The standard InChI is InChI=1S/C17H22BrNS/c1-4-10-19-17(15-11-16(18)20-13(15)3)12(2)14-8-6-5-7-9-14/h5-9,11-12,17,19H,4,10H2,1-3H3. The minimum Gasteiger partial charge on any atom is -0.309 e. The summed E-state index contributed by atoms with van der Waals surface area (Å²) in [6.07, 6.45) is 1.16. The monoisotopic (exact) mass is 351 g/mol. The van der Waals surface area contributed by atoms with E-state index in [1.165, 1.54) is 19.8 Å². The van der Waals surface area contributed by atoms with E-state index in [4.69, 9.17) is 0 Å². The topological polar surface area (TPSA) is 12.0 Å². The number of benzene rings is 1. The van der Waals surface area contributed by atoms with Crippen molar-refractivity contribution in [1.82, 2.24) is 5.32 Å². The maximum Gasteiger partial charge on any atom is 0.0704 e. The first-order chi connectivity index (χ1) is 9.63. The second-order valence-electron chi connectivity index (χ2n) is 5.19. The number of thiophene rings is 1. The van der Waals surface area contributed by atoms with Gasteiger partial charge in [-0.2, -0.15) is 0 Å². The van der Waals surface area contributed by atoms with E-state index in [2.05, 4.69) is 78.4 Å². The van der Waals surface area contributed by atoms with Crippen molar-refractivity contribution < 1.29 is 0 Å². The van der Waals surface area contributed by atoms with Crippen LogP contribution in [0.4, 0.5) is 0 Å². The first-order valence-electron chi connectivity index (χ1n) is 7.17. The van der Waals surface area contributed by atoms with E-state index in [1.54, 1.807) is 0 Å². The van der Waals surface area contributed by atoms with Crippen LogP contribution in [0.1, 0.15) is 48.2 Å². The molecule has 2 atom stereocenters.